The summed E-state index contributed by atoms with van der Waals surface area (Å²) < 4.78 is 0. The quantitative estimate of drug-likeness (QED) is 0.174. The molecule has 2 atom stereocenters. The van der Waals surface area contributed by atoms with Crippen molar-refractivity contribution in [2.24, 2.45) is 15.9 Å². The molecule has 8 aromatic rings. The van der Waals surface area contributed by atoms with Crippen LogP contribution in [-0.2, 0) is 5.41 Å². The molecule has 3 aliphatic rings. The Balaban J connectivity index is 1.01. The van der Waals surface area contributed by atoms with E-state index in [0.717, 1.165) is 63.6 Å². The van der Waals surface area contributed by atoms with Gasteiger partial charge in [0.1, 0.15) is 0 Å². The molecule has 1 aliphatic carbocycles. The average molecular weight is 790 g/mol. The summed E-state index contributed by atoms with van der Waals surface area (Å²) in [5.74, 6) is 1.05. The van der Waals surface area contributed by atoms with Gasteiger partial charge in [-0.3, -0.25) is 9.98 Å². The molecule has 2 aliphatic heterocycles. The maximum atomic E-state index is 5.66. The van der Waals surface area contributed by atoms with E-state index in [1.807, 2.05) is 17.8 Å². The highest BCUT2D eigenvalue weighted by Crippen LogP contribution is 2.62. The summed E-state index contributed by atoms with van der Waals surface area (Å²) in [5, 5.41) is 0. The number of amidine groups is 1. The van der Waals surface area contributed by atoms with Crippen molar-refractivity contribution in [2.75, 3.05) is 0 Å². The van der Waals surface area contributed by atoms with Crippen LogP contribution >= 0.6 is 11.8 Å². The van der Waals surface area contributed by atoms with E-state index in [4.69, 9.17) is 15.0 Å². The number of benzene rings is 7. The van der Waals surface area contributed by atoms with Gasteiger partial charge >= 0.3 is 0 Å². The second-order valence-electron chi connectivity index (χ2n) is 16.3. The first kappa shape index (κ1) is 36.5. The molecule has 0 amide bonds. The van der Waals surface area contributed by atoms with E-state index in [2.05, 4.69) is 196 Å². The molecule has 2 unspecified atom stereocenters. The molecule has 7 aromatic carbocycles. The molecule has 3 heterocycles. The van der Waals surface area contributed by atoms with Crippen LogP contribution in [0.5, 0.6) is 0 Å². The van der Waals surface area contributed by atoms with Crippen molar-refractivity contribution in [3.05, 3.63) is 233 Å². The van der Waals surface area contributed by atoms with Crippen LogP contribution in [0.4, 0.5) is 0 Å². The Labute approximate surface area is 356 Å². The van der Waals surface area contributed by atoms with Gasteiger partial charge in [-0.1, -0.05) is 189 Å². The maximum Gasteiger partial charge on any atom is 0.155 e. The molecule has 288 valence electrons. The predicted molar refractivity (Wildman–Crippen MR) is 248 cm³/mol. The highest BCUT2D eigenvalue weighted by molar-refractivity contribution is 7.99. The van der Waals surface area contributed by atoms with E-state index in [0.29, 0.717) is 0 Å². The number of aliphatic imine (C=N–C) groups is 2. The van der Waals surface area contributed by atoms with Gasteiger partial charge in [0.25, 0.3) is 0 Å². The lowest BCUT2D eigenvalue weighted by molar-refractivity contribution is 0.446. The van der Waals surface area contributed by atoms with Gasteiger partial charge in [-0.2, -0.15) is 0 Å². The van der Waals surface area contributed by atoms with Gasteiger partial charge in [0.2, 0.25) is 0 Å². The van der Waals surface area contributed by atoms with Gasteiger partial charge in [-0.25, -0.2) is 4.99 Å². The molecular formula is C56H43N3S. The molecule has 11 rings (SSSR count). The zero-order valence-electron chi connectivity index (χ0n) is 33.7. The van der Waals surface area contributed by atoms with E-state index in [-0.39, 0.29) is 12.0 Å². The molecule has 1 spiro atoms. The van der Waals surface area contributed by atoms with Gasteiger partial charge in [-0.05, 0) is 94.0 Å². The Morgan fingerprint density at radius 3 is 1.80 bits per heavy atom. The molecule has 60 heavy (non-hydrogen) atoms. The molecule has 0 N–H and O–H groups in total. The second-order valence-corrected chi connectivity index (χ2v) is 17.4. The number of aromatic nitrogens is 1. The van der Waals surface area contributed by atoms with Crippen LogP contribution in [0.15, 0.2) is 208 Å². The van der Waals surface area contributed by atoms with Crippen LogP contribution in [-0.4, -0.2) is 16.5 Å². The molecule has 0 bridgehead atoms. The summed E-state index contributed by atoms with van der Waals surface area (Å²) in [6, 6.07) is 68.3. The topological polar surface area (TPSA) is 37.6 Å². The Hall–Kier alpha value is -6.62. The standard InChI is InChI=1S/C56H43N3S/c1-36-25-33-51(40-28-26-38(27-29-40)43-32-34-50(57-37(43)2)39-15-5-3-6-16-39)58-55(41-17-7-4-8-18-41)59-54(36)42-30-31-45-44-19-9-10-20-46(44)56(49(45)35-42)47-21-11-13-23-52(47)60-53-24-14-12-22-48(53)56/h3-24,26-32,34-36,54H,25,33H2,1-2H3/b58-51+,59-55-. The van der Waals surface area contributed by atoms with Crippen LogP contribution in [0.2, 0.25) is 0 Å². The third kappa shape index (κ3) is 6.00. The molecule has 0 saturated heterocycles. The summed E-state index contributed by atoms with van der Waals surface area (Å²) in [4.78, 5) is 18.7. The van der Waals surface area contributed by atoms with Crippen molar-refractivity contribution in [3.8, 4) is 33.5 Å². The first-order valence-corrected chi connectivity index (χ1v) is 21.8. The zero-order chi connectivity index (χ0) is 40.2. The molecule has 0 saturated carbocycles. The van der Waals surface area contributed by atoms with Crippen molar-refractivity contribution in [1.29, 1.82) is 0 Å². The molecule has 4 heteroatoms. The number of pyridine rings is 1. The third-order valence-electron chi connectivity index (χ3n) is 12.8. The van der Waals surface area contributed by atoms with Gasteiger partial charge in [-0.15, -0.1) is 0 Å². The first-order valence-electron chi connectivity index (χ1n) is 21.0. The molecular weight excluding hydrogens is 747 g/mol. The van der Waals surface area contributed by atoms with Crippen molar-refractivity contribution < 1.29 is 0 Å². The average Bonchev–Trinajstić information content (AvgIpc) is 3.58. The van der Waals surface area contributed by atoms with Crippen LogP contribution < -0.4 is 0 Å². The lowest BCUT2D eigenvalue weighted by Crippen LogP contribution is -2.32. The Bertz CT molecular complexity index is 2940. The fraction of sp³-hybridized carbons (Fsp3) is 0.125. The SMILES string of the molecule is Cc1nc(-c2ccccc2)ccc1-c1ccc(/C2=N/C(c3ccccc3)=N\C(c3ccc4c(c3)C3(c5ccccc5Sc5ccccc53)c3ccccc3-4)C(C)CC2)cc1. The Morgan fingerprint density at radius 1 is 0.517 bits per heavy atom. The molecule has 0 fully saturated rings. The van der Waals surface area contributed by atoms with Crippen LogP contribution in [0.3, 0.4) is 0 Å². The zero-order valence-corrected chi connectivity index (χ0v) is 34.5. The van der Waals surface area contributed by atoms with E-state index in [1.54, 1.807) is 0 Å². The fourth-order valence-electron chi connectivity index (χ4n) is 9.87. The second kappa shape index (κ2) is 14.9. The number of rotatable bonds is 5. The van der Waals surface area contributed by atoms with Crippen molar-refractivity contribution in [1.82, 2.24) is 4.98 Å². The lowest BCUT2D eigenvalue weighted by atomic mass is 9.67. The minimum Gasteiger partial charge on any atom is -0.258 e. The lowest BCUT2D eigenvalue weighted by Gasteiger charge is -2.40. The molecule has 0 radical (unpaired) electrons. The normalized spacial score (nSPS) is 19.0. The van der Waals surface area contributed by atoms with Gasteiger partial charge in [0.05, 0.1) is 22.9 Å². The fourth-order valence-corrected chi connectivity index (χ4v) is 11.1. The molecule has 3 nitrogen and oxygen atoms in total. The number of fused-ring (bicyclic) bond motifs is 9. The number of aryl methyl sites for hydroxylation is 1. The maximum absolute atomic E-state index is 5.66. The van der Waals surface area contributed by atoms with Gasteiger partial charge < -0.3 is 0 Å². The smallest absolute Gasteiger partial charge is 0.155 e. The number of hydrogen-bond acceptors (Lipinski definition) is 4. The van der Waals surface area contributed by atoms with E-state index >= 15 is 0 Å². The predicted octanol–water partition coefficient (Wildman–Crippen LogP) is 14.0. The van der Waals surface area contributed by atoms with Crippen molar-refractivity contribution in [3.63, 3.8) is 0 Å². The van der Waals surface area contributed by atoms with Crippen LogP contribution in [0, 0.1) is 12.8 Å². The Morgan fingerprint density at radius 2 is 1.10 bits per heavy atom. The summed E-state index contributed by atoms with van der Waals surface area (Å²) in [7, 11) is 0. The van der Waals surface area contributed by atoms with Gasteiger partial charge in [0, 0.05) is 32.2 Å². The van der Waals surface area contributed by atoms with Crippen molar-refractivity contribution >= 4 is 23.3 Å². The summed E-state index contributed by atoms with van der Waals surface area (Å²) >= 11 is 1.89. The van der Waals surface area contributed by atoms with E-state index in [1.165, 1.54) is 48.7 Å². The summed E-state index contributed by atoms with van der Waals surface area (Å²) in [6.45, 7) is 4.47. The minimum absolute atomic E-state index is 0.0725. The van der Waals surface area contributed by atoms with Crippen molar-refractivity contribution in [2.45, 2.75) is 47.9 Å². The summed E-state index contributed by atoms with van der Waals surface area (Å²) in [6.07, 6.45) is 1.82. The Kier molecular flexibility index (Phi) is 9.05. The monoisotopic (exact) mass is 789 g/mol. The third-order valence-corrected chi connectivity index (χ3v) is 14.0. The summed E-state index contributed by atoms with van der Waals surface area (Å²) in [5.41, 5.74) is 17.5. The van der Waals surface area contributed by atoms with Gasteiger partial charge in [0.15, 0.2) is 5.84 Å². The first-order chi connectivity index (χ1) is 29.6. The van der Waals surface area contributed by atoms with E-state index in [9.17, 15) is 0 Å². The minimum atomic E-state index is -0.423. The van der Waals surface area contributed by atoms with Crippen LogP contribution in [0.25, 0.3) is 33.5 Å². The molecule has 1 aromatic heterocycles. The number of nitrogens with zero attached hydrogens (tertiary/aromatic N) is 3. The van der Waals surface area contributed by atoms with Crippen LogP contribution in [0.1, 0.15) is 70.4 Å². The largest absolute Gasteiger partial charge is 0.258 e. The number of hydrogen-bond donors (Lipinski definition) is 0. The highest BCUT2D eigenvalue weighted by atomic mass is 32.2. The highest BCUT2D eigenvalue weighted by Gasteiger charge is 2.50. The van der Waals surface area contributed by atoms with E-state index < -0.39 is 5.41 Å².